The van der Waals surface area contributed by atoms with E-state index in [0.29, 0.717) is 25.7 Å². The maximum Gasteiger partial charge on any atom is 0.147 e. The molecule has 0 saturated heterocycles. The van der Waals surface area contributed by atoms with Crippen molar-refractivity contribution in [3.8, 4) is 0 Å². The van der Waals surface area contributed by atoms with Gasteiger partial charge in [-0.15, -0.1) is 10.2 Å². The molecule has 0 aromatic carbocycles. The summed E-state index contributed by atoms with van der Waals surface area (Å²) in [6.45, 7) is 5.94. The van der Waals surface area contributed by atoms with E-state index in [9.17, 15) is 19.2 Å². The summed E-state index contributed by atoms with van der Waals surface area (Å²) in [6.07, 6.45) is 9.30. The van der Waals surface area contributed by atoms with Crippen molar-refractivity contribution in [3.05, 3.63) is 23.8 Å². The normalized spacial score (nSPS) is 11.7. The molecule has 0 N–H and O–H groups in total. The summed E-state index contributed by atoms with van der Waals surface area (Å²) >= 11 is 0. The van der Waals surface area contributed by atoms with Crippen LogP contribution in [0.4, 0.5) is 0 Å². The molecule has 2 rings (SSSR count). The first-order valence-corrected chi connectivity index (χ1v) is 13.4. The highest BCUT2D eigenvalue weighted by Gasteiger charge is 2.20. The van der Waals surface area contributed by atoms with E-state index in [-0.39, 0.29) is 61.0 Å². The van der Waals surface area contributed by atoms with Gasteiger partial charge in [0, 0.05) is 70.4 Å². The molecule has 0 aliphatic heterocycles. The number of carbonyl (C=O) groups excluding carboxylic acids is 4. The molecule has 2 heterocycles. The minimum atomic E-state index is -0.308. The van der Waals surface area contributed by atoms with Crippen LogP contribution in [0.25, 0.3) is 0 Å². The topological polar surface area (TPSA) is 133 Å². The molecule has 210 valence electrons. The first-order valence-electron chi connectivity index (χ1n) is 13.4. The Kier molecular flexibility index (Phi) is 12.6. The van der Waals surface area contributed by atoms with Crippen molar-refractivity contribution in [3.63, 3.8) is 0 Å². The molecule has 0 fully saturated rings. The van der Waals surface area contributed by atoms with Gasteiger partial charge in [0.05, 0.1) is 31.0 Å². The minimum absolute atomic E-state index is 0.0132. The molecule has 0 aliphatic carbocycles. The van der Waals surface area contributed by atoms with Crippen LogP contribution in [0.2, 0.25) is 0 Å². The van der Waals surface area contributed by atoms with E-state index in [0.717, 1.165) is 37.1 Å². The second-order valence-corrected chi connectivity index (χ2v) is 11.1. The van der Waals surface area contributed by atoms with E-state index >= 15 is 0 Å². The number of hydrogen-bond donors (Lipinski definition) is 0. The minimum Gasteiger partial charge on any atom is -0.299 e. The third-order valence-corrected chi connectivity index (χ3v) is 6.27. The summed E-state index contributed by atoms with van der Waals surface area (Å²) in [5, 5.41) is 15.8. The van der Waals surface area contributed by atoms with Gasteiger partial charge in [-0.2, -0.15) is 0 Å². The van der Waals surface area contributed by atoms with E-state index in [2.05, 4.69) is 20.6 Å². The zero-order chi connectivity index (χ0) is 28.1. The Hall–Kier alpha value is -3.08. The smallest absolute Gasteiger partial charge is 0.147 e. The van der Waals surface area contributed by atoms with Crippen LogP contribution in [0.3, 0.4) is 0 Å². The Balaban J connectivity index is 1.80. The van der Waals surface area contributed by atoms with Crippen molar-refractivity contribution >= 4 is 23.1 Å². The molecule has 0 aliphatic rings. The van der Waals surface area contributed by atoms with Crippen LogP contribution in [-0.4, -0.2) is 77.7 Å². The second-order valence-electron chi connectivity index (χ2n) is 11.1. The van der Waals surface area contributed by atoms with E-state index in [1.165, 1.54) is 0 Å². The molecule has 0 saturated carbocycles. The third-order valence-electron chi connectivity index (χ3n) is 6.27. The van der Waals surface area contributed by atoms with Crippen molar-refractivity contribution in [2.24, 2.45) is 19.5 Å². The molecule has 2 aromatic rings. The summed E-state index contributed by atoms with van der Waals surface area (Å²) < 4.78 is 3.17. The van der Waals surface area contributed by atoms with Gasteiger partial charge in [0.25, 0.3) is 0 Å². The molecule has 2 aromatic heterocycles. The number of aryl methyl sites for hydroxylation is 4. The van der Waals surface area contributed by atoms with Crippen LogP contribution in [-0.2, 0) is 46.1 Å². The first-order chi connectivity index (χ1) is 17.9. The van der Waals surface area contributed by atoms with E-state index in [4.69, 9.17) is 0 Å². The number of aromatic nitrogens is 6. The molecule has 11 nitrogen and oxygen atoms in total. The molecule has 0 amide bonds. The molecule has 0 atom stereocenters. The highest BCUT2D eigenvalue weighted by atomic mass is 16.1. The van der Waals surface area contributed by atoms with Crippen LogP contribution in [0.15, 0.2) is 12.4 Å². The van der Waals surface area contributed by atoms with Gasteiger partial charge in [-0.3, -0.25) is 33.4 Å². The Morgan fingerprint density at radius 3 is 1.50 bits per heavy atom. The van der Waals surface area contributed by atoms with Crippen LogP contribution < -0.4 is 0 Å². The lowest BCUT2D eigenvalue weighted by Gasteiger charge is -2.20. The maximum absolute atomic E-state index is 12.7. The van der Waals surface area contributed by atoms with Gasteiger partial charge in [0.2, 0.25) is 0 Å². The number of unbranched alkanes of at least 4 members (excludes halogenated alkanes) is 3. The average Bonchev–Trinajstić information content (AvgIpc) is 3.45. The number of hydrogen-bond acceptors (Lipinski definition) is 9. The number of ketones is 4. The number of Topliss-reactive ketones (excluding diaryl/α,β-unsaturated/α-hetero) is 4. The molecule has 0 spiro atoms. The van der Waals surface area contributed by atoms with Gasteiger partial charge in [-0.25, -0.2) is 0 Å². The molecule has 0 unspecified atom stereocenters. The standard InChI is InChI=1S/C27H43N7O4/c1-27(2,3)26(38)11-9-7-6-8-10-23(35)18-34(19-24(36)14-12-21-16-32(4)30-28-21)20-25(37)15-13-22-17-33(5)31-29-22/h16-17H,6-15,18-20H2,1-5H3. The highest BCUT2D eigenvalue weighted by Crippen LogP contribution is 2.19. The zero-order valence-electron chi connectivity index (χ0n) is 23.6. The largest absolute Gasteiger partial charge is 0.299 e. The Morgan fingerprint density at radius 2 is 1.11 bits per heavy atom. The predicted molar refractivity (Wildman–Crippen MR) is 142 cm³/mol. The predicted octanol–water partition coefficient (Wildman–Crippen LogP) is 2.47. The van der Waals surface area contributed by atoms with E-state index < -0.39 is 0 Å². The lowest BCUT2D eigenvalue weighted by atomic mass is 9.88. The van der Waals surface area contributed by atoms with Gasteiger partial charge in [0.1, 0.15) is 23.1 Å². The molecule has 0 radical (unpaired) electrons. The van der Waals surface area contributed by atoms with Crippen LogP contribution in [0.1, 0.15) is 83.5 Å². The number of carbonyl (C=O) groups is 4. The van der Waals surface area contributed by atoms with Crippen molar-refractivity contribution in [1.82, 2.24) is 34.9 Å². The summed E-state index contributed by atoms with van der Waals surface area (Å²) in [4.78, 5) is 51.7. The lowest BCUT2D eigenvalue weighted by Crippen LogP contribution is -2.38. The summed E-state index contributed by atoms with van der Waals surface area (Å²) in [7, 11) is 3.54. The number of nitrogens with zero attached hydrogens (tertiary/aromatic N) is 7. The monoisotopic (exact) mass is 529 g/mol. The van der Waals surface area contributed by atoms with Gasteiger partial charge in [-0.1, -0.05) is 44.0 Å². The molecule has 0 bridgehead atoms. The first kappa shape index (κ1) is 31.1. The third kappa shape index (κ3) is 12.4. The van der Waals surface area contributed by atoms with Crippen molar-refractivity contribution in [2.75, 3.05) is 19.6 Å². The summed E-state index contributed by atoms with van der Waals surface area (Å²) in [5.74, 6) is 0.179. The van der Waals surface area contributed by atoms with Crippen molar-refractivity contribution in [1.29, 1.82) is 0 Å². The Bertz CT molecular complexity index is 1010. The summed E-state index contributed by atoms with van der Waals surface area (Å²) in [6, 6.07) is 0. The lowest BCUT2D eigenvalue weighted by molar-refractivity contribution is -0.127. The van der Waals surface area contributed by atoms with Crippen molar-refractivity contribution in [2.45, 2.75) is 85.0 Å². The quantitative estimate of drug-likeness (QED) is 0.252. The summed E-state index contributed by atoms with van der Waals surface area (Å²) in [5.41, 5.74) is 1.15. The second kappa shape index (κ2) is 15.4. The highest BCUT2D eigenvalue weighted by molar-refractivity contribution is 5.86. The van der Waals surface area contributed by atoms with E-state index in [1.54, 1.807) is 40.8 Å². The molecular weight excluding hydrogens is 486 g/mol. The molecule has 38 heavy (non-hydrogen) atoms. The Morgan fingerprint density at radius 1 is 0.684 bits per heavy atom. The van der Waals surface area contributed by atoms with Crippen LogP contribution >= 0.6 is 0 Å². The van der Waals surface area contributed by atoms with Crippen LogP contribution in [0, 0.1) is 5.41 Å². The zero-order valence-corrected chi connectivity index (χ0v) is 23.6. The van der Waals surface area contributed by atoms with Gasteiger partial charge < -0.3 is 0 Å². The van der Waals surface area contributed by atoms with E-state index in [1.807, 2.05) is 20.8 Å². The fraction of sp³-hybridized carbons (Fsp3) is 0.704. The maximum atomic E-state index is 12.7. The molecular formula is C27H43N7O4. The fourth-order valence-corrected chi connectivity index (χ4v) is 4.04. The average molecular weight is 530 g/mol. The van der Waals surface area contributed by atoms with Crippen LogP contribution in [0.5, 0.6) is 0 Å². The number of rotatable bonds is 19. The Labute approximate surface area is 225 Å². The SMILES string of the molecule is Cn1cc(CCC(=O)CN(CC(=O)CCCCCCC(=O)C(C)(C)C)CC(=O)CCc2cn(C)nn2)nn1. The molecule has 11 heteroatoms. The fourth-order valence-electron chi connectivity index (χ4n) is 4.04. The van der Waals surface area contributed by atoms with Gasteiger partial charge in [0.15, 0.2) is 0 Å². The van der Waals surface area contributed by atoms with Crippen molar-refractivity contribution < 1.29 is 19.2 Å². The van der Waals surface area contributed by atoms with Gasteiger partial charge in [-0.05, 0) is 12.8 Å². The van der Waals surface area contributed by atoms with Gasteiger partial charge >= 0.3 is 0 Å².